The molecule has 3 aromatic heterocycles. The second-order valence-electron chi connectivity index (χ2n) is 6.87. The van der Waals surface area contributed by atoms with Crippen molar-refractivity contribution in [3.63, 3.8) is 0 Å². The van der Waals surface area contributed by atoms with Gasteiger partial charge in [-0.15, -0.1) is 0 Å². The average Bonchev–Trinajstić information content (AvgIpc) is 3.34. The van der Waals surface area contributed by atoms with E-state index in [9.17, 15) is 4.79 Å². The zero-order valence-electron chi connectivity index (χ0n) is 14.8. The molecule has 26 heavy (non-hydrogen) atoms. The lowest BCUT2D eigenvalue weighted by molar-refractivity contribution is 0.0672. The number of imidazole rings is 1. The van der Waals surface area contributed by atoms with E-state index >= 15 is 0 Å². The number of rotatable bonds is 4. The fourth-order valence-electron chi connectivity index (χ4n) is 3.53. The monoisotopic (exact) mass is 350 g/mol. The lowest BCUT2D eigenvalue weighted by Gasteiger charge is -2.32. The van der Waals surface area contributed by atoms with Crippen molar-refractivity contribution in [2.24, 2.45) is 5.92 Å². The van der Waals surface area contributed by atoms with Gasteiger partial charge in [0.05, 0.1) is 11.8 Å². The molecule has 134 valence electrons. The minimum Gasteiger partial charge on any atom is -0.338 e. The molecule has 0 aliphatic carbocycles. The van der Waals surface area contributed by atoms with Gasteiger partial charge in [0.25, 0.3) is 5.91 Å². The van der Waals surface area contributed by atoms with Gasteiger partial charge in [-0.05, 0) is 49.8 Å². The Morgan fingerprint density at radius 1 is 1.35 bits per heavy atom. The Balaban J connectivity index is 1.43. The van der Waals surface area contributed by atoms with E-state index in [4.69, 9.17) is 0 Å². The molecule has 4 heterocycles. The molecule has 3 aromatic rings. The SMILES string of the molecule is Cc1cn[nH]c1C[C@@H]1CCCN(C(=O)c2ccc(-n3ccnc3)nc2)C1. The Morgan fingerprint density at radius 2 is 2.27 bits per heavy atom. The Labute approximate surface area is 152 Å². The summed E-state index contributed by atoms with van der Waals surface area (Å²) in [4.78, 5) is 23.2. The van der Waals surface area contributed by atoms with Gasteiger partial charge in [-0.25, -0.2) is 9.97 Å². The minimum atomic E-state index is 0.0562. The number of nitrogens with zero attached hydrogens (tertiary/aromatic N) is 5. The molecule has 1 saturated heterocycles. The van der Waals surface area contributed by atoms with Crippen LogP contribution in [0.3, 0.4) is 0 Å². The largest absolute Gasteiger partial charge is 0.338 e. The summed E-state index contributed by atoms with van der Waals surface area (Å²) in [6.07, 6.45) is 11.8. The topological polar surface area (TPSA) is 79.7 Å². The molecule has 0 saturated carbocycles. The quantitative estimate of drug-likeness (QED) is 0.783. The molecular weight excluding hydrogens is 328 g/mol. The number of hydrogen-bond acceptors (Lipinski definition) is 4. The van der Waals surface area contributed by atoms with Gasteiger partial charge in [0.2, 0.25) is 0 Å². The van der Waals surface area contributed by atoms with E-state index in [0.717, 1.165) is 38.2 Å². The highest BCUT2D eigenvalue weighted by Crippen LogP contribution is 2.22. The molecule has 0 unspecified atom stereocenters. The molecule has 0 radical (unpaired) electrons. The van der Waals surface area contributed by atoms with E-state index < -0.39 is 0 Å². The molecular formula is C19H22N6O. The lowest BCUT2D eigenvalue weighted by atomic mass is 9.92. The Kier molecular flexibility index (Phi) is 4.51. The van der Waals surface area contributed by atoms with E-state index in [2.05, 4.69) is 27.1 Å². The first-order chi connectivity index (χ1) is 12.7. The molecule has 4 rings (SSSR count). The summed E-state index contributed by atoms with van der Waals surface area (Å²) in [5.74, 6) is 1.27. The second-order valence-corrected chi connectivity index (χ2v) is 6.87. The summed E-state index contributed by atoms with van der Waals surface area (Å²) in [6, 6.07) is 3.69. The van der Waals surface area contributed by atoms with Crippen molar-refractivity contribution in [2.45, 2.75) is 26.2 Å². The predicted molar refractivity (Wildman–Crippen MR) is 97.0 cm³/mol. The normalized spacial score (nSPS) is 17.4. The maximum absolute atomic E-state index is 12.9. The van der Waals surface area contributed by atoms with Gasteiger partial charge in [-0.3, -0.25) is 14.5 Å². The smallest absolute Gasteiger partial charge is 0.255 e. The molecule has 1 fully saturated rings. The third-order valence-electron chi connectivity index (χ3n) is 5.00. The number of aromatic amines is 1. The van der Waals surface area contributed by atoms with Crippen molar-refractivity contribution < 1.29 is 4.79 Å². The average molecular weight is 350 g/mol. The fourth-order valence-corrected chi connectivity index (χ4v) is 3.53. The summed E-state index contributed by atoms with van der Waals surface area (Å²) in [5, 5.41) is 7.18. The minimum absolute atomic E-state index is 0.0562. The highest BCUT2D eigenvalue weighted by atomic mass is 16.2. The number of nitrogens with one attached hydrogen (secondary N) is 1. The van der Waals surface area contributed by atoms with Gasteiger partial charge < -0.3 is 4.90 Å². The number of aryl methyl sites for hydroxylation is 1. The molecule has 0 aromatic carbocycles. The number of carbonyl (C=O) groups excluding carboxylic acids is 1. The lowest BCUT2D eigenvalue weighted by Crippen LogP contribution is -2.40. The third-order valence-corrected chi connectivity index (χ3v) is 5.00. The number of H-pyrrole nitrogens is 1. The zero-order chi connectivity index (χ0) is 17.9. The number of hydrogen-bond donors (Lipinski definition) is 1. The number of carbonyl (C=O) groups is 1. The Hall–Kier alpha value is -2.96. The van der Waals surface area contributed by atoms with E-state index in [1.54, 1.807) is 18.7 Å². The van der Waals surface area contributed by atoms with Crippen LogP contribution in [0, 0.1) is 12.8 Å². The van der Waals surface area contributed by atoms with Crippen LogP contribution in [0.15, 0.2) is 43.2 Å². The van der Waals surface area contributed by atoms with Crippen molar-refractivity contribution >= 4 is 5.91 Å². The van der Waals surface area contributed by atoms with E-state index in [1.807, 2.05) is 34.0 Å². The highest BCUT2D eigenvalue weighted by molar-refractivity contribution is 5.94. The maximum atomic E-state index is 12.9. The third kappa shape index (κ3) is 3.37. The Morgan fingerprint density at radius 3 is 2.96 bits per heavy atom. The van der Waals surface area contributed by atoms with E-state index in [-0.39, 0.29) is 5.91 Å². The summed E-state index contributed by atoms with van der Waals surface area (Å²) in [5.41, 5.74) is 3.00. The van der Waals surface area contributed by atoms with Crippen LogP contribution in [0.5, 0.6) is 0 Å². The molecule has 1 aliphatic heterocycles. The summed E-state index contributed by atoms with van der Waals surface area (Å²) in [7, 11) is 0. The summed E-state index contributed by atoms with van der Waals surface area (Å²) >= 11 is 0. The van der Waals surface area contributed by atoms with Crippen LogP contribution in [0.2, 0.25) is 0 Å². The van der Waals surface area contributed by atoms with Gasteiger partial charge in [-0.1, -0.05) is 0 Å². The van der Waals surface area contributed by atoms with Crippen LogP contribution in [-0.4, -0.2) is 48.6 Å². The predicted octanol–water partition coefficient (Wildman–Crippen LogP) is 2.39. The van der Waals surface area contributed by atoms with Crippen LogP contribution in [0.1, 0.15) is 34.5 Å². The van der Waals surface area contributed by atoms with Gasteiger partial charge in [0, 0.05) is 37.4 Å². The molecule has 1 atom stereocenters. The molecule has 0 spiro atoms. The van der Waals surface area contributed by atoms with Crippen LogP contribution in [0.25, 0.3) is 5.82 Å². The van der Waals surface area contributed by atoms with Crippen LogP contribution >= 0.6 is 0 Å². The first-order valence-corrected chi connectivity index (χ1v) is 8.93. The van der Waals surface area contributed by atoms with Crippen molar-refractivity contribution in [3.8, 4) is 5.82 Å². The van der Waals surface area contributed by atoms with Gasteiger partial charge in [-0.2, -0.15) is 5.10 Å². The van der Waals surface area contributed by atoms with E-state index in [1.165, 1.54) is 11.3 Å². The Bertz CT molecular complexity index is 868. The van der Waals surface area contributed by atoms with Crippen LogP contribution in [-0.2, 0) is 6.42 Å². The number of piperidine rings is 1. The zero-order valence-corrected chi connectivity index (χ0v) is 14.8. The summed E-state index contributed by atoms with van der Waals surface area (Å²) in [6.45, 7) is 3.65. The summed E-state index contributed by atoms with van der Waals surface area (Å²) < 4.78 is 1.82. The van der Waals surface area contributed by atoms with Crippen LogP contribution < -0.4 is 0 Å². The number of pyridine rings is 1. The van der Waals surface area contributed by atoms with Gasteiger partial charge in [0.15, 0.2) is 0 Å². The van der Waals surface area contributed by atoms with Crippen LogP contribution in [0.4, 0.5) is 0 Å². The highest BCUT2D eigenvalue weighted by Gasteiger charge is 2.25. The fraction of sp³-hybridized carbons (Fsp3) is 0.368. The molecule has 7 nitrogen and oxygen atoms in total. The van der Waals surface area contributed by atoms with Gasteiger partial charge >= 0.3 is 0 Å². The van der Waals surface area contributed by atoms with Gasteiger partial charge in [0.1, 0.15) is 12.1 Å². The first kappa shape index (κ1) is 16.5. The molecule has 1 aliphatic rings. The van der Waals surface area contributed by atoms with Crippen molar-refractivity contribution in [1.82, 2.24) is 29.6 Å². The van der Waals surface area contributed by atoms with E-state index in [0.29, 0.717) is 11.5 Å². The van der Waals surface area contributed by atoms with Crippen molar-refractivity contribution in [2.75, 3.05) is 13.1 Å². The number of amides is 1. The van der Waals surface area contributed by atoms with Crippen molar-refractivity contribution in [3.05, 3.63) is 60.1 Å². The molecule has 1 N–H and O–H groups in total. The molecule has 0 bridgehead atoms. The first-order valence-electron chi connectivity index (χ1n) is 8.93. The number of aromatic nitrogens is 5. The maximum Gasteiger partial charge on any atom is 0.255 e. The molecule has 7 heteroatoms. The molecule has 1 amide bonds. The second kappa shape index (κ2) is 7.11. The number of likely N-dealkylation sites (tertiary alicyclic amines) is 1. The standard InChI is InChI=1S/C19H22N6O/c1-14-10-22-23-17(14)9-15-3-2-7-24(12-15)19(26)16-4-5-18(21-11-16)25-8-6-20-13-25/h4-6,8,10-11,13,15H,2-3,7,9,12H2,1H3,(H,22,23)/t15-/m0/s1. The van der Waals surface area contributed by atoms with Crippen molar-refractivity contribution in [1.29, 1.82) is 0 Å².